The fourth-order valence-electron chi connectivity index (χ4n) is 3.49. The Kier molecular flexibility index (Phi) is 3.27. The molecule has 2 saturated carbocycles. The average molecular weight is 321 g/mol. The van der Waals surface area contributed by atoms with E-state index in [0.717, 1.165) is 17.5 Å². The van der Waals surface area contributed by atoms with Crippen LogP contribution < -0.4 is 4.72 Å². The van der Waals surface area contributed by atoms with Gasteiger partial charge >= 0.3 is 0 Å². The van der Waals surface area contributed by atoms with Gasteiger partial charge in [0.05, 0.1) is 18.1 Å². The van der Waals surface area contributed by atoms with Crippen molar-refractivity contribution in [2.24, 2.45) is 17.8 Å². The molecular formula is C16H19NO4S. The lowest BCUT2D eigenvalue weighted by molar-refractivity contribution is -0.121. The van der Waals surface area contributed by atoms with E-state index in [2.05, 4.69) is 4.72 Å². The van der Waals surface area contributed by atoms with E-state index in [1.807, 2.05) is 0 Å². The molecule has 0 unspecified atom stereocenters. The van der Waals surface area contributed by atoms with Crippen molar-refractivity contribution in [1.29, 1.82) is 0 Å². The zero-order chi connectivity index (χ0) is 15.3. The molecule has 2 fully saturated rings. The Morgan fingerprint density at radius 2 is 1.95 bits per heavy atom. The van der Waals surface area contributed by atoms with Crippen LogP contribution in [0.3, 0.4) is 0 Å². The highest BCUT2D eigenvalue weighted by Gasteiger charge is 2.49. The van der Waals surface area contributed by atoms with Crippen LogP contribution in [0.2, 0.25) is 0 Å². The number of ether oxygens (including phenoxy) is 1. The molecule has 0 aromatic heterocycles. The standard InChI is InChI=1S/C16H19NO4S/c18-16(15-7-14(15)10-2-1-3-10)17-22(19,20)13-5-4-11-8-21-9-12(11)6-13/h4-6,10,14-15H,1-3,7-9H2,(H,17,18)/t14-,15+/m0/s1. The summed E-state index contributed by atoms with van der Waals surface area (Å²) in [5, 5.41) is 0. The summed E-state index contributed by atoms with van der Waals surface area (Å²) in [4.78, 5) is 12.3. The second kappa shape index (κ2) is 5.06. The third-order valence-electron chi connectivity index (χ3n) is 5.17. The number of hydrogen-bond acceptors (Lipinski definition) is 4. The summed E-state index contributed by atoms with van der Waals surface area (Å²) < 4.78 is 32.3. The van der Waals surface area contributed by atoms with Crippen molar-refractivity contribution < 1.29 is 17.9 Å². The number of rotatable bonds is 4. The summed E-state index contributed by atoms with van der Waals surface area (Å²) in [5.41, 5.74) is 1.90. The fourth-order valence-corrected chi connectivity index (χ4v) is 4.57. The molecule has 1 aromatic carbocycles. The molecule has 1 amide bonds. The Morgan fingerprint density at radius 1 is 1.18 bits per heavy atom. The number of sulfonamides is 1. The number of benzene rings is 1. The minimum Gasteiger partial charge on any atom is -0.372 e. The van der Waals surface area contributed by atoms with Crippen LogP contribution >= 0.6 is 0 Å². The van der Waals surface area contributed by atoms with Crippen molar-refractivity contribution in [3.63, 3.8) is 0 Å². The van der Waals surface area contributed by atoms with Crippen molar-refractivity contribution in [2.45, 2.75) is 43.8 Å². The molecule has 22 heavy (non-hydrogen) atoms. The summed E-state index contributed by atoms with van der Waals surface area (Å²) in [6.45, 7) is 0.951. The molecule has 0 bridgehead atoms. The van der Waals surface area contributed by atoms with Crippen LogP contribution in [-0.4, -0.2) is 14.3 Å². The van der Waals surface area contributed by atoms with Crippen LogP contribution in [0.15, 0.2) is 23.1 Å². The lowest BCUT2D eigenvalue weighted by atomic mass is 9.81. The number of carbonyl (C=O) groups excluding carboxylic acids is 1. The van der Waals surface area contributed by atoms with Crippen LogP contribution in [0.5, 0.6) is 0 Å². The minimum absolute atomic E-state index is 0.113. The van der Waals surface area contributed by atoms with Crippen LogP contribution in [0, 0.1) is 17.8 Å². The number of amides is 1. The second-order valence-corrected chi connectivity index (χ2v) is 8.27. The van der Waals surface area contributed by atoms with E-state index in [1.165, 1.54) is 19.3 Å². The first-order valence-corrected chi connectivity index (χ1v) is 9.29. The first kappa shape index (κ1) is 14.2. The molecule has 1 aromatic rings. The first-order chi connectivity index (χ1) is 10.5. The molecule has 4 rings (SSSR count). The predicted molar refractivity (Wildman–Crippen MR) is 79.2 cm³/mol. The van der Waals surface area contributed by atoms with Crippen molar-refractivity contribution >= 4 is 15.9 Å². The van der Waals surface area contributed by atoms with Gasteiger partial charge < -0.3 is 4.74 Å². The Balaban J connectivity index is 1.46. The molecule has 118 valence electrons. The van der Waals surface area contributed by atoms with Gasteiger partial charge in [-0.1, -0.05) is 25.3 Å². The normalized spacial score (nSPS) is 27.1. The van der Waals surface area contributed by atoms with E-state index in [4.69, 9.17) is 4.74 Å². The average Bonchev–Trinajstić information content (AvgIpc) is 3.04. The van der Waals surface area contributed by atoms with Crippen molar-refractivity contribution in [3.8, 4) is 0 Å². The van der Waals surface area contributed by atoms with Gasteiger partial charge in [0.1, 0.15) is 0 Å². The molecule has 1 N–H and O–H groups in total. The Hall–Kier alpha value is -1.40. The lowest BCUT2D eigenvalue weighted by Crippen LogP contribution is -2.33. The van der Waals surface area contributed by atoms with Crippen LogP contribution in [0.25, 0.3) is 0 Å². The summed E-state index contributed by atoms with van der Waals surface area (Å²) >= 11 is 0. The Morgan fingerprint density at radius 3 is 2.68 bits per heavy atom. The molecule has 5 nitrogen and oxygen atoms in total. The molecule has 1 aliphatic heterocycles. The fraction of sp³-hybridized carbons (Fsp3) is 0.562. The number of hydrogen-bond donors (Lipinski definition) is 1. The minimum atomic E-state index is -3.78. The van der Waals surface area contributed by atoms with Crippen LogP contribution in [-0.2, 0) is 32.8 Å². The Labute approximate surface area is 130 Å². The van der Waals surface area contributed by atoms with E-state index in [0.29, 0.717) is 25.0 Å². The van der Waals surface area contributed by atoms with E-state index in [9.17, 15) is 13.2 Å². The molecular weight excluding hydrogens is 302 g/mol. The zero-order valence-electron chi connectivity index (χ0n) is 12.2. The topological polar surface area (TPSA) is 72.5 Å². The molecule has 2 aliphatic carbocycles. The summed E-state index contributed by atoms with van der Waals surface area (Å²) in [6.07, 6.45) is 4.45. The summed E-state index contributed by atoms with van der Waals surface area (Å²) in [7, 11) is -3.78. The van der Waals surface area contributed by atoms with Gasteiger partial charge in [-0.25, -0.2) is 13.1 Å². The van der Waals surface area contributed by atoms with E-state index in [-0.39, 0.29) is 16.7 Å². The van der Waals surface area contributed by atoms with Crippen molar-refractivity contribution in [2.75, 3.05) is 0 Å². The highest BCUT2D eigenvalue weighted by Crippen LogP contribution is 2.51. The molecule has 0 saturated heterocycles. The monoisotopic (exact) mass is 321 g/mol. The quantitative estimate of drug-likeness (QED) is 0.920. The number of carbonyl (C=O) groups is 1. The zero-order valence-corrected chi connectivity index (χ0v) is 13.1. The van der Waals surface area contributed by atoms with E-state index >= 15 is 0 Å². The maximum Gasteiger partial charge on any atom is 0.264 e. The third kappa shape index (κ3) is 2.44. The van der Waals surface area contributed by atoms with Gasteiger partial charge in [-0.05, 0) is 41.5 Å². The highest BCUT2D eigenvalue weighted by atomic mass is 32.2. The Bertz CT molecular complexity index is 724. The second-order valence-electron chi connectivity index (χ2n) is 6.59. The third-order valence-corrected chi connectivity index (χ3v) is 6.51. The molecule has 0 spiro atoms. The number of fused-ring (bicyclic) bond motifs is 1. The first-order valence-electron chi connectivity index (χ1n) is 7.81. The maximum atomic E-state index is 12.4. The SMILES string of the molecule is O=C(NS(=O)(=O)c1ccc2c(c1)COC2)[C@@H]1C[C@H]1C1CCC1. The van der Waals surface area contributed by atoms with Gasteiger partial charge in [0, 0.05) is 5.92 Å². The van der Waals surface area contributed by atoms with Crippen LogP contribution in [0.1, 0.15) is 36.8 Å². The van der Waals surface area contributed by atoms with Crippen molar-refractivity contribution in [3.05, 3.63) is 29.3 Å². The molecule has 0 radical (unpaired) electrons. The summed E-state index contributed by atoms with van der Waals surface area (Å²) in [6, 6.07) is 4.91. The highest BCUT2D eigenvalue weighted by molar-refractivity contribution is 7.90. The smallest absolute Gasteiger partial charge is 0.264 e. The van der Waals surface area contributed by atoms with Crippen LogP contribution in [0.4, 0.5) is 0 Å². The van der Waals surface area contributed by atoms with Gasteiger partial charge in [-0.15, -0.1) is 0 Å². The largest absolute Gasteiger partial charge is 0.372 e. The number of nitrogens with one attached hydrogen (secondary N) is 1. The van der Waals surface area contributed by atoms with Gasteiger partial charge in [-0.2, -0.15) is 0 Å². The predicted octanol–water partition coefficient (Wildman–Crippen LogP) is 1.96. The van der Waals surface area contributed by atoms with Gasteiger partial charge in [0.2, 0.25) is 5.91 Å². The maximum absolute atomic E-state index is 12.4. The molecule has 3 aliphatic rings. The molecule has 2 atom stereocenters. The molecule has 1 heterocycles. The van der Waals surface area contributed by atoms with Gasteiger partial charge in [0.25, 0.3) is 10.0 Å². The van der Waals surface area contributed by atoms with E-state index in [1.54, 1.807) is 18.2 Å². The van der Waals surface area contributed by atoms with Crippen molar-refractivity contribution in [1.82, 2.24) is 4.72 Å². The van der Waals surface area contributed by atoms with E-state index < -0.39 is 10.0 Å². The lowest BCUT2D eigenvalue weighted by Gasteiger charge is -2.25. The summed E-state index contributed by atoms with van der Waals surface area (Å²) in [5.74, 6) is 0.583. The van der Waals surface area contributed by atoms with Gasteiger partial charge in [0.15, 0.2) is 0 Å². The van der Waals surface area contributed by atoms with Gasteiger partial charge in [-0.3, -0.25) is 4.79 Å². The molecule has 6 heteroatoms.